The van der Waals surface area contributed by atoms with Gasteiger partial charge in [0.2, 0.25) is 0 Å². The molecule has 0 spiro atoms. The van der Waals surface area contributed by atoms with Crippen LogP contribution >= 0.6 is 0 Å². The number of hydrogen-bond acceptors (Lipinski definition) is 2. The lowest BCUT2D eigenvalue weighted by Crippen LogP contribution is -2.29. The summed E-state index contributed by atoms with van der Waals surface area (Å²) >= 11 is 0. The Hall–Kier alpha value is -1.02. The molecule has 0 aliphatic heterocycles. The van der Waals surface area contributed by atoms with E-state index in [2.05, 4.69) is 63.3 Å². The highest BCUT2D eigenvalue weighted by atomic mass is 15.1. The van der Waals surface area contributed by atoms with Crippen LogP contribution in [0.5, 0.6) is 0 Å². The first-order valence-electron chi connectivity index (χ1n) is 5.48. The molecule has 0 amide bonds. The number of rotatable bonds is 4. The summed E-state index contributed by atoms with van der Waals surface area (Å²) in [5.41, 5.74) is 3.95. The van der Waals surface area contributed by atoms with Crippen molar-refractivity contribution < 1.29 is 0 Å². The number of nitrogens with one attached hydrogen (secondary N) is 1. The maximum atomic E-state index is 3.54. The van der Waals surface area contributed by atoms with Crippen LogP contribution in [0.25, 0.3) is 0 Å². The summed E-state index contributed by atoms with van der Waals surface area (Å²) in [7, 11) is 4.20. The van der Waals surface area contributed by atoms with Crippen molar-refractivity contribution in [1.29, 1.82) is 0 Å². The topological polar surface area (TPSA) is 15.3 Å². The third-order valence-electron chi connectivity index (χ3n) is 2.65. The van der Waals surface area contributed by atoms with Gasteiger partial charge in [-0.1, -0.05) is 12.1 Å². The molecule has 1 aromatic carbocycles. The van der Waals surface area contributed by atoms with Crippen LogP contribution in [0.3, 0.4) is 0 Å². The van der Waals surface area contributed by atoms with Gasteiger partial charge in [-0.3, -0.25) is 0 Å². The zero-order chi connectivity index (χ0) is 11.4. The van der Waals surface area contributed by atoms with Gasteiger partial charge in [0.15, 0.2) is 0 Å². The normalized spacial score (nSPS) is 12.9. The van der Waals surface area contributed by atoms with Crippen LogP contribution in [0.4, 0.5) is 5.69 Å². The number of likely N-dealkylation sites (N-methyl/N-ethyl adjacent to an activating group) is 1. The summed E-state index contributed by atoms with van der Waals surface area (Å²) in [6, 6.07) is 6.87. The average molecular weight is 206 g/mol. The third kappa shape index (κ3) is 3.56. The molecule has 0 heterocycles. The van der Waals surface area contributed by atoms with E-state index < -0.39 is 0 Å². The average Bonchev–Trinajstić information content (AvgIpc) is 2.11. The zero-order valence-corrected chi connectivity index (χ0v) is 10.5. The monoisotopic (exact) mass is 206 g/mol. The number of anilines is 1. The van der Waals surface area contributed by atoms with Crippen LogP contribution in [0.2, 0.25) is 0 Å². The highest BCUT2D eigenvalue weighted by Gasteiger charge is 2.05. The van der Waals surface area contributed by atoms with Gasteiger partial charge < -0.3 is 10.2 Å². The predicted octanol–water partition coefficient (Wildman–Crippen LogP) is 2.67. The lowest BCUT2D eigenvalue weighted by molar-refractivity contribution is 0.392. The van der Waals surface area contributed by atoms with Crippen LogP contribution in [0.15, 0.2) is 18.2 Å². The van der Waals surface area contributed by atoms with Crippen molar-refractivity contribution in [3.8, 4) is 0 Å². The molecule has 0 aliphatic rings. The molecular weight excluding hydrogens is 184 g/mol. The maximum Gasteiger partial charge on any atom is 0.0375 e. The fourth-order valence-corrected chi connectivity index (χ4v) is 1.77. The van der Waals surface area contributed by atoms with Crippen molar-refractivity contribution in [2.45, 2.75) is 26.8 Å². The first-order valence-corrected chi connectivity index (χ1v) is 5.48. The zero-order valence-electron chi connectivity index (χ0n) is 10.5. The lowest BCUT2D eigenvalue weighted by Gasteiger charge is -2.21. The minimum atomic E-state index is 0.473. The number of benzene rings is 1. The lowest BCUT2D eigenvalue weighted by atomic mass is 10.1. The Labute approximate surface area is 93.3 Å². The van der Waals surface area contributed by atoms with Crippen molar-refractivity contribution in [1.82, 2.24) is 4.90 Å². The Bertz CT molecular complexity index is 318. The quantitative estimate of drug-likeness (QED) is 0.814. The Kier molecular flexibility index (Phi) is 4.15. The molecule has 0 saturated heterocycles. The summed E-state index contributed by atoms with van der Waals surface area (Å²) in [5, 5.41) is 3.54. The van der Waals surface area contributed by atoms with Crippen molar-refractivity contribution in [2.24, 2.45) is 0 Å². The van der Waals surface area contributed by atoms with Crippen molar-refractivity contribution in [2.75, 3.05) is 26.0 Å². The molecule has 2 nitrogen and oxygen atoms in total. The van der Waals surface area contributed by atoms with E-state index in [1.807, 2.05) is 0 Å². The molecule has 2 heteroatoms. The third-order valence-corrected chi connectivity index (χ3v) is 2.65. The highest BCUT2D eigenvalue weighted by Crippen LogP contribution is 2.18. The van der Waals surface area contributed by atoms with Gasteiger partial charge in [-0.05, 0) is 52.1 Å². The molecule has 15 heavy (non-hydrogen) atoms. The molecule has 0 fully saturated rings. The first kappa shape index (κ1) is 12.1. The minimum Gasteiger partial charge on any atom is -0.381 e. The maximum absolute atomic E-state index is 3.54. The van der Waals surface area contributed by atoms with Crippen LogP contribution in [0.1, 0.15) is 18.1 Å². The molecule has 0 saturated carbocycles. The van der Waals surface area contributed by atoms with Gasteiger partial charge in [0.1, 0.15) is 0 Å². The van der Waals surface area contributed by atoms with Crippen LogP contribution in [-0.4, -0.2) is 31.6 Å². The SMILES string of the molecule is Cc1cccc(NC(C)CN(C)C)c1C. The molecule has 0 bridgehead atoms. The minimum absolute atomic E-state index is 0.473. The smallest absolute Gasteiger partial charge is 0.0375 e. The Balaban J connectivity index is 2.68. The molecule has 84 valence electrons. The fraction of sp³-hybridized carbons (Fsp3) is 0.538. The Morgan fingerprint density at radius 1 is 1.27 bits per heavy atom. The van der Waals surface area contributed by atoms with Gasteiger partial charge in [-0.2, -0.15) is 0 Å². The van der Waals surface area contributed by atoms with Crippen molar-refractivity contribution in [3.63, 3.8) is 0 Å². The van der Waals surface area contributed by atoms with E-state index in [1.165, 1.54) is 16.8 Å². The summed E-state index contributed by atoms with van der Waals surface area (Å²) in [6.07, 6.45) is 0. The molecule has 1 N–H and O–H groups in total. The van der Waals surface area contributed by atoms with Gasteiger partial charge in [0.05, 0.1) is 0 Å². The molecule has 1 unspecified atom stereocenters. The van der Waals surface area contributed by atoms with E-state index in [0.717, 1.165) is 6.54 Å². The first-order chi connectivity index (χ1) is 7.00. The predicted molar refractivity (Wildman–Crippen MR) is 67.6 cm³/mol. The Morgan fingerprint density at radius 3 is 2.53 bits per heavy atom. The molecular formula is C13H22N2. The van der Waals surface area contributed by atoms with Crippen molar-refractivity contribution >= 4 is 5.69 Å². The van der Waals surface area contributed by atoms with E-state index >= 15 is 0 Å². The standard InChI is InChI=1S/C13H22N2/c1-10-7-6-8-13(12(10)3)14-11(2)9-15(4)5/h6-8,11,14H,9H2,1-5H3. The highest BCUT2D eigenvalue weighted by molar-refractivity contribution is 5.54. The van der Waals surface area contributed by atoms with Crippen LogP contribution in [0, 0.1) is 13.8 Å². The number of hydrogen-bond donors (Lipinski definition) is 1. The molecule has 0 aliphatic carbocycles. The molecule has 1 atom stereocenters. The van der Waals surface area contributed by atoms with Gasteiger partial charge in [0.25, 0.3) is 0 Å². The number of aryl methyl sites for hydroxylation is 1. The summed E-state index contributed by atoms with van der Waals surface area (Å²) in [5.74, 6) is 0. The largest absolute Gasteiger partial charge is 0.381 e. The summed E-state index contributed by atoms with van der Waals surface area (Å²) in [6.45, 7) is 7.58. The second kappa shape index (κ2) is 5.17. The molecule has 1 aromatic rings. The van der Waals surface area contributed by atoms with Gasteiger partial charge in [-0.15, -0.1) is 0 Å². The second-order valence-electron chi connectivity index (χ2n) is 4.56. The van der Waals surface area contributed by atoms with E-state index in [4.69, 9.17) is 0 Å². The Morgan fingerprint density at radius 2 is 1.93 bits per heavy atom. The van der Waals surface area contributed by atoms with Gasteiger partial charge in [0, 0.05) is 18.3 Å². The molecule has 1 rings (SSSR count). The van der Waals surface area contributed by atoms with E-state index in [9.17, 15) is 0 Å². The van der Waals surface area contributed by atoms with Gasteiger partial charge >= 0.3 is 0 Å². The molecule has 0 aromatic heterocycles. The summed E-state index contributed by atoms with van der Waals surface area (Å²) in [4.78, 5) is 2.20. The number of nitrogens with zero attached hydrogens (tertiary/aromatic N) is 1. The fourth-order valence-electron chi connectivity index (χ4n) is 1.77. The second-order valence-corrected chi connectivity index (χ2v) is 4.56. The van der Waals surface area contributed by atoms with E-state index in [1.54, 1.807) is 0 Å². The van der Waals surface area contributed by atoms with E-state index in [0.29, 0.717) is 6.04 Å². The summed E-state index contributed by atoms with van der Waals surface area (Å²) < 4.78 is 0. The van der Waals surface area contributed by atoms with Crippen LogP contribution < -0.4 is 5.32 Å². The van der Waals surface area contributed by atoms with Crippen LogP contribution in [-0.2, 0) is 0 Å². The molecule has 0 radical (unpaired) electrons. The van der Waals surface area contributed by atoms with Gasteiger partial charge in [-0.25, -0.2) is 0 Å². The van der Waals surface area contributed by atoms with E-state index in [-0.39, 0.29) is 0 Å². The van der Waals surface area contributed by atoms with Crippen molar-refractivity contribution in [3.05, 3.63) is 29.3 Å².